The second-order valence-corrected chi connectivity index (χ2v) is 5.24. The van der Waals surface area contributed by atoms with Gasteiger partial charge in [0.05, 0.1) is 18.9 Å². The quantitative estimate of drug-likeness (QED) is 0.938. The summed E-state index contributed by atoms with van der Waals surface area (Å²) in [7, 11) is 0. The van der Waals surface area contributed by atoms with E-state index in [1.54, 1.807) is 6.07 Å². The van der Waals surface area contributed by atoms with Crippen molar-refractivity contribution in [1.29, 1.82) is 0 Å². The first-order valence-corrected chi connectivity index (χ1v) is 7.15. The summed E-state index contributed by atoms with van der Waals surface area (Å²) < 4.78 is 11.4. The van der Waals surface area contributed by atoms with Crippen LogP contribution in [0, 0.1) is 6.92 Å². The maximum atomic E-state index is 6.06. The van der Waals surface area contributed by atoms with Crippen LogP contribution in [-0.4, -0.2) is 29.3 Å². The Morgan fingerprint density at radius 1 is 1.19 bits per heavy atom. The van der Waals surface area contributed by atoms with Gasteiger partial charge in [0.1, 0.15) is 24.0 Å². The Hall–Kier alpha value is -2.14. The fourth-order valence-electron chi connectivity index (χ4n) is 2.44. The fourth-order valence-corrected chi connectivity index (χ4v) is 2.44. The van der Waals surface area contributed by atoms with Crippen molar-refractivity contribution in [3.63, 3.8) is 0 Å². The minimum atomic E-state index is 0.248. The van der Waals surface area contributed by atoms with Crippen LogP contribution >= 0.6 is 0 Å². The van der Waals surface area contributed by atoms with E-state index in [9.17, 15) is 0 Å². The summed E-state index contributed by atoms with van der Waals surface area (Å²) in [5, 5.41) is 0. The number of hydrogen-bond acceptors (Lipinski definition) is 5. The zero-order chi connectivity index (χ0) is 14.7. The molecule has 0 aliphatic carbocycles. The van der Waals surface area contributed by atoms with Gasteiger partial charge in [-0.1, -0.05) is 0 Å². The Morgan fingerprint density at radius 2 is 2.00 bits per heavy atom. The van der Waals surface area contributed by atoms with Gasteiger partial charge in [-0.2, -0.15) is 0 Å². The van der Waals surface area contributed by atoms with E-state index < -0.39 is 0 Å². The second kappa shape index (κ2) is 6.10. The van der Waals surface area contributed by atoms with Gasteiger partial charge < -0.3 is 15.2 Å². The van der Waals surface area contributed by atoms with Gasteiger partial charge in [0.15, 0.2) is 0 Å². The summed E-state index contributed by atoms with van der Waals surface area (Å²) in [6, 6.07) is 7.84. The van der Waals surface area contributed by atoms with Crippen molar-refractivity contribution >= 4 is 5.82 Å². The average Bonchev–Trinajstić information content (AvgIpc) is 2.50. The lowest BCUT2D eigenvalue weighted by Crippen LogP contribution is -2.26. The third-order valence-electron chi connectivity index (χ3n) is 3.62. The highest BCUT2D eigenvalue weighted by Gasteiger charge is 2.16. The van der Waals surface area contributed by atoms with Gasteiger partial charge in [0.25, 0.3) is 0 Å². The van der Waals surface area contributed by atoms with E-state index in [1.165, 1.54) is 6.33 Å². The number of hydrogen-bond donors (Lipinski definition) is 1. The zero-order valence-electron chi connectivity index (χ0n) is 12.1. The lowest BCUT2D eigenvalue weighted by molar-refractivity contribution is 0.0253. The number of ether oxygens (including phenoxy) is 2. The van der Waals surface area contributed by atoms with Crippen molar-refractivity contribution in [3.8, 4) is 17.0 Å². The highest BCUT2D eigenvalue weighted by Crippen LogP contribution is 2.27. The summed E-state index contributed by atoms with van der Waals surface area (Å²) in [6.07, 6.45) is 3.62. The first-order chi connectivity index (χ1) is 10.2. The van der Waals surface area contributed by atoms with Crippen LogP contribution in [0.2, 0.25) is 0 Å². The van der Waals surface area contributed by atoms with E-state index in [0.717, 1.165) is 48.6 Å². The SMILES string of the molecule is Cc1cc(-c2cc(N)ncn2)ccc1OC1CCOCC1. The molecule has 0 saturated carbocycles. The fraction of sp³-hybridized carbons (Fsp3) is 0.375. The van der Waals surface area contributed by atoms with E-state index in [2.05, 4.69) is 16.0 Å². The van der Waals surface area contributed by atoms with Crippen molar-refractivity contribution in [3.05, 3.63) is 36.2 Å². The van der Waals surface area contributed by atoms with Gasteiger partial charge in [-0.15, -0.1) is 0 Å². The summed E-state index contributed by atoms with van der Waals surface area (Å²) in [5.74, 6) is 1.40. The number of nitrogens with two attached hydrogens (primary N) is 1. The molecule has 1 aromatic carbocycles. The smallest absolute Gasteiger partial charge is 0.127 e. The molecule has 2 N–H and O–H groups in total. The second-order valence-electron chi connectivity index (χ2n) is 5.24. The van der Waals surface area contributed by atoms with Crippen LogP contribution in [0.1, 0.15) is 18.4 Å². The highest BCUT2D eigenvalue weighted by atomic mass is 16.5. The van der Waals surface area contributed by atoms with Gasteiger partial charge >= 0.3 is 0 Å². The molecule has 2 heterocycles. The number of aryl methyl sites for hydroxylation is 1. The predicted molar refractivity (Wildman–Crippen MR) is 81.1 cm³/mol. The topological polar surface area (TPSA) is 70.3 Å². The molecular weight excluding hydrogens is 266 g/mol. The molecule has 0 bridgehead atoms. The standard InChI is InChI=1S/C16H19N3O2/c1-11-8-12(14-9-16(17)19-10-18-14)2-3-15(11)21-13-4-6-20-7-5-13/h2-3,8-10,13H,4-7H2,1H3,(H2,17,18,19). The van der Waals surface area contributed by atoms with Crippen molar-refractivity contribution in [1.82, 2.24) is 9.97 Å². The number of aromatic nitrogens is 2. The van der Waals surface area contributed by atoms with Crippen LogP contribution in [-0.2, 0) is 4.74 Å². The molecule has 1 aliphatic heterocycles. The molecule has 5 nitrogen and oxygen atoms in total. The molecule has 2 aromatic rings. The number of rotatable bonds is 3. The van der Waals surface area contributed by atoms with E-state index in [1.807, 2.05) is 19.1 Å². The number of benzene rings is 1. The van der Waals surface area contributed by atoms with E-state index in [4.69, 9.17) is 15.2 Å². The van der Waals surface area contributed by atoms with Crippen LogP contribution < -0.4 is 10.5 Å². The molecule has 0 atom stereocenters. The Balaban J connectivity index is 1.79. The molecule has 0 spiro atoms. The van der Waals surface area contributed by atoms with Crippen molar-refractivity contribution in [2.45, 2.75) is 25.9 Å². The molecule has 0 amide bonds. The summed E-state index contributed by atoms with van der Waals surface area (Å²) in [6.45, 7) is 3.60. The van der Waals surface area contributed by atoms with Crippen LogP contribution in [0.4, 0.5) is 5.82 Å². The molecule has 0 unspecified atom stereocenters. The Bertz CT molecular complexity index is 625. The average molecular weight is 285 g/mol. The lowest BCUT2D eigenvalue weighted by atomic mass is 10.1. The molecule has 21 heavy (non-hydrogen) atoms. The zero-order valence-corrected chi connectivity index (χ0v) is 12.1. The maximum Gasteiger partial charge on any atom is 0.127 e. The highest BCUT2D eigenvalue weighted by molar-refractivity contribution is 5.63. The third kappa shape index (κ3) is 3.31. The largest absolute Gasteiger partial charge is 0.490 e. The first-order valence-electron chi connectivity index (χ1n) is 7.15. The molecular formula is C16H19N3O2. The molecule has 5 heteroatoms. The maximum absolute atomic E-state index is 6.06. The van der Waals surface area contributed by atoms with Gasteiger partial charge in [-0.05, 0) is 30.7 Å². The first kappa shape index (κ1) is 13.8. The molecule has 110 valence electrons. The monoisotopic (exact) mass is 285 g/mol. The molecule has 3 rings (SSSR count). The van der Waals surface area contributed by atoms with Gasteiger partial charge in [-0.3, -0.25) is 0 Å². The van der Waals surface area contributed by atoms with Crippen molar-refractivity contribution in [2.24, 2.45) is 0 Å². The molecule has 1 saturated heterocycles. The summed E-state index contributed by atoms with van der Waals surface area (Å²) in [5.41, 5.74) is 8.63. The third-order valence-corrected chi connectivity index (χ3v) is 3.62. The summed E-state index contributed by atoms with van der Waals surface area (Å²) >= 11 is 0. The van der Waals surface area contributed by atoms with Gasteiger partial charge in [-0.25, -0.2) is 9.97 Å². The van der Waals surface area contributed by atoms with Crippen LogP contribution in [0.15, 0.2) is 30.6 Å². The van der Waals surface area contributed by atoms with Gasteiger partial charge in [0.2, 0.25) is 0 Å². The van der Waals surface area contributed by atoms with Crippen LogP contribution in [0.5, 0.6) is 5.75 Å². The predicted octanol–water partition coefficient (Wildman–Crippen LogP) is 2.59. The molecule has 0 radical (unpaired) electrons. The van der Waals surface area contributed by atoms with E-state index >= 15 is 0 Å². The number of nitrogens with zero attached hydrogens (tertiary/aromatic N) is 2. The lowest BCUT2D eigenvalue weighted by Gasteiger charge is -2.24. The minimum Gasteiger partial charge on any atom is -0.490 e. The van der Waals surface area contributed by atoms with Crippen LogP contribution in [0.25, 0.3) is 11.3 Å². The Morgan fingerprint density at radius 3 is 2.71 bits per heavy atom. The molecule has 1 aliphatic rings. The molecule has 1 fully saturated rings. The summed E-state index contributed by atoms with van der Waals surface area (Å²) in [4.78, 5) is 8.16. The van der Waals surface area contributed by atoms with Crippen molar-refractivity contribution < 1.29 is 9.47 Å². The Kier molecular flexibility index (Phi) is 4.01. The van der Waals surface area contributed by atoms with E-state index in [-0.39, 0.29) is 6.10 Å². The van der Waals surface area contributed by atoms with E-state index in [0.29, 0.717) is 5.82 Å². The number of nitrogen functional groups attached to an aromatic ring is 1. The Labute approximate surface area is 124 Å². The normalized spacial score (nSPS) is 15.9. The van der Waals surface area contributed by atoms with Gasteiger partial charge in [0, 0.05) is 24.5 Å². The molecule has 1 aromatic heterocycles. The minimum absolute atomic E-state index is 0.248. The van der Waals surface area contributed by atoms with Crippen LogP contribution in [0.3, 0.4) is 0 Å². The number of anilines is 1. The van der Waals surface area contributed by atoms with Crippen molar-refractivity contribution in [2.75, 3.05) is 18.9 Å².